The van der Waals surface area contributed by atoms with Crippen molar-refractivity contribution in [2.45, 2.75) is 44.8 Å². The number of ether oxygens (including phenoxy) is 1. The highest BCUT2D eigenvalue weighted by atomic mass is 31.1. The number of aryl methyl sites for hydroxylation is 1. The normalized spacial score (nSPS) is 12.4. The van der Waals surface area contributed by atoms with Crippen molar-refractivity contribution >= 4 is 19.9 Å². The summed E-state index contributed by atoms with van der Waals surface area (Å²) >= 11 is 0. The smallest absolute Gasteiger partial charge is 0.307 e. The standard InChI is InChI=1S/C29H34NO5P/c31-28(34-23-26-17-8-3-9-18-26)19-20-30-29(32)27(22-25-15-6-2-7-16-25)35-36(33)21-11-10-14-24-12-4-1-5-13-24/h1-9,12-13,15-18,27,36H,10-11,14,19-23H2,(H,30,32)/t27-/m0/s1. The molecule has 0 aliphatic heterocycles. The van der Waals surface area contributed by atoms with Crippen LogP contribution in [0.2, 0.25) is 0 Å². The van der Waals surface area contributed by atoms with E-state index in [2.05, 4.69) is 17.4 Å². The lowest BCUT2D eigenvalue weighted by Crippen LogP contribution is -2.38. The minimum Gasteiger partial charge on any atom is -0.461 e. The Kier molecular flexibility index (Phi) is 12.0. The van der Waals surface area contributed by atoms with E-state index >= 15 is 0 Å². The molecule has 3 aromatic carbocycles. The summed E-state index contributed by atoms with van der Waals surface area (Å²) in [6, 6.07) is 29.1. The summed E-state index contributed by atoms with van der Waals surface area (Å²) in [7, 11) is -2.39. The predicted molar refractivity (Wildman–Crippen MR) is 142 cm³/mol. The zero-order valence-electron chi connectivity index (χ0n) is 20.4. The van der Waals surface area contributed by atoms with Crippen molar-refractivity contribution in [2.75, 3.05) is 12.7 Å². The van der Waals surface area contributed by atoms with Crippen LogP contribution in [0.25, 0.3) is 0 Å². The second-order valence-corrected chi connectivity index (χ2v) is 10.0. The molecule has 0 radical (unpaired) electrons. The fraction of sp³-hybridized carbons (Fsp3) is 0.310. The Hall–Kier alpha value is -3.21. The van der Waals surface area contributed by atoms with E-state index in [4.69, 9.17) is 9.26 Å². The van der Waals surface area contributed by atoms with Gasteiger partial charge in [-0.3, -0.25) is 14.2 Å². The summed E-state index contributed by atoms with van der Waals surface area (Å²) in [5, 5.41) is 2.74. The van der Waals surface area contributed by atoms with Crippen LogP contribution >= 0.6 is 8.03 Å². The highest BCUT2D eigenvalue weighted by Crippen LogP contribution is 2.28. The summed E-state index contributed by atoms with van der Waals surface area (Å²) in [5.41, 5.74) is 3.07. The number of esters is 1. The Labute approximate surface area is 213 Å². The van der Waals surface area contributed by atoms with Gasteiger partial charge in [0.1, 0.15) is 12.7 Å². The molecule has 0 aromatic heterocycles. The molecule has 0 aliphatic rings. The molecule has 0 fully saturated rings. The van der Waals surface area contributed by atoms with Gasteiger partial charge in [-0.15, -0.1) is 0 Å². The van der Waals surface area contributed by atoms with Crippen LogP contribution in [0.5, 0.6) is 0 Å². The molecular formula is C29H34NO5P. The van der Waals surface area contributed by atoms with E-state index in [0.717, 1.165) is 30.4 Å². The number of hydrogen-bond acceptors (Lipinski definition) is 5. The van der Waals surface area contributed by atoms with Crippen LogP contribution in [0, 0.1) is 0 Å². The topological polar surface area (TPSA) is 81.7 Å². The predicted octanol–water partition coefficient (Wildman–Crippen LogP) is 5.36. The summed E-state index contributed by atoms with van der Waals surface area (Å²) in [6.07, 6.45) is 2.50. The van der Waals surface area contributed by atoms with Gasteiger partial charge in [-0.25, -0.2) is 0 Å². The first-order chi connectivity index (χ1) is 17.6. The molecule has 1 amide bonds. The highest BCUT2D eigenvalue weighted by molar-refractivity contribution is 7.39. The first kappa shape index (κ1) is 27.4. The van der Waals surface area contributed by atoms with Crippen LogP contribution in [-0.2, 0) is 42.9 Å². The number of amides is 1. The lowest BCUT2D eigenvalue weighted by molar-refractivity contribution is -0.144. The van der Waals surface area contributed by atoms with Gasteiger partial charge in [0.05, 0.1) is 6.42 Å². The van der Waals surface area contributed by atoms with Crippen molar-refractivity contribution in [3.8, 4) is 0 Å². The Bertz CT molecular complexity index is 1080. The van der Waals surface area contributed by atoms with Gasteiger partial charge >= 0.3 is 5.97 Å². The van der Waals surface area contributed by atoms with Crippen LogP contribution in [0.15, 0.2) is 91.0 Å². The Balaban J connectivity index is 1.43. The van der Waals surface area contributed by atoms with Gasteiger partial charge in [0.15, 0.2) is 8.03 Å². The SMILES string of the molecule is O=C(CCNC(=O)[C@H](Cc1ccccc1)O[PH](=O)CCCCc1ccccc1)OCc1ccccc1. The van der Waals surface area contributed by atoms with Gasteiger partial charge in [0.2, 0.25) is 5.91 Å². The summed E-state index contributed by atoms with van der Waals surface area (Å²) in [6.45, 7) is 0.318. The maximum Gasteiger partial charge on any atom is 0.307 e. The van der Waals surface area contributed by atoms with E-state index in [1.807, 2.05) is 78.9 Å². The molecule has 0 heterocycles. The van der Waals surface area contributed by atoms with Crippen LogP contribution in [0.1, 0.15) is 36.0 Å². The molecule has 2 atom stereocenters. The van der Waals surface area contributed by atoms with Gasteiger partial charge in [0.25, 0.3) is 0 Å². The Morgan fingerprint density at radius 2 is 1.36 bits per heavy atom. The number of benzene rings is 3. The lowest BCUT2D eigenvalue weighted by Gasteiger charge is -2.18. The summed E-state index contributed by atoms with van der Waals surface area (Å²) < 4.78 is 23.7. The van der Waals surface area contributed by atoms with Crippen molar-refractivity contribution in [3.63, 3.8) is 0 Å². The average molecular weight is 508 g/mol. The maximum absolute atomic E-state index is 12.8. The van der Waals surface area contributed by atoms with E-state index in [9.17, 15) is 14.2 Å². The number of hydrogen-bond donors (Lipinski definition) is 1. The van der Waals surface area contributed by atoms with E-state index < -0.39 is 20.1 Å². The van der Waals surface area contributed by atoms with Gasteiger partial charge < -0.3 is 14.6 Å². The van der Waals surface area contributed by atoms with Gasteiger partial charge in [-0.05, 0) is 36.0 Å². The molecule has 3 rings (SSSR count). The molecule has 190 valence electrons. The quantitative estimate of drug-likeness (QED) is 0.170. The Morgan fingerprint density at radius 1 is 0.778 bits per heavy atom. The van der Waals surface area contributed by atoms with Gasteiger partial charge in [0, 0.05) is 19.1 Å². The van der Waals surface area contributed by atoms with Crippen molar-refractivity contribution in [2.24, 2.45) is 0 Å². The van der Waals surface area contributed by atoms with Crippen molar-refractivity contribution in [3.05, 3.63) is 108 Å². The minimum atomic E-state index is -2.39. The van der Waals surface area contributed by atoms with E-state index in [0.29, 0.717) is 12.6 Å². The average Bonchev–Trinajstić information content (AvgIpc) is 2.91. The molecule has 0 aliphatic carbocycles. The first-order valence-corrected chi connectivity index (χ1v) is 13.9. The van der Waals surface area contributed by atoms with E-state index in [1.165, 1.54) is 5.56 Å². The first-order valence-electron chi connectivity index (χ1n) is 12.3. The molecule has 1 N–H and O–H groups in total. The number of nitrogens with one attached hydrogen (secondary N) is 1. The van der Waals surface area contributed by atoms with Crippen LogP contribution in [0.4, 0.5) is 0 Å². The second kappa shape index (κ2) is 15.7. The molecule has 6 nitrogen and oxygen atoms in total. The third-order valence-corrected chi connectivity index (χ3v) is 6.95. The zero-order chi connectivity index (χ0) is 25.4. The van der Waals surface area contributed by atoms with E-state index in [-0.39, 0.29) is 25.5 Å². The van der Waals surface area contributed by atoms with E-state index in [1.54, 1.807) is 0 Å². The number of rotatable bonds is 15. The van der Waals surface area contributed by atoms with Crippen LogP contribution in [0.3, 0.4) is 0 Å². The molecule has 0 saturated heterocycles. The number of carbonyl (C=O) groups is 2. The molecule has 3 aromatic rings. The third-order valence-electron chi connectivity index (χ3n) is 5.64. The van der Waals surface area contributed by atoms with Crippen molar-refractivity contribution in [1.82, 2.24) is 5.32 Å². The monoisotopic (exact) mass is 507 g/mol. The highest BCUT2D eigenvalue weighted by Gasteiger charge is 2.22. The van der Waals surface area contributed by atoms with Crippen LogP contribution < -0.4 is 5.32 Å². The molecule has 0 spiro atoms. The summed E-state index contributed by atoms with van der Waals surface area (Å²) in [4.78, 5) is 24.9. The second-order valence-electron chi connectivity index (χ2n) is 8.55. The fourth-order valence-electron chi connectivity index (χ4n) is 3.69. The molecular weight excluding hydrogens is 473 g/mol. The fourth-order valence-corrected chi connectivity index (χ4v) is 4.85. The number of carbonyl (C=O) groups excluding carboxylic acids is 2. The third kappa shape index (κ3) is 10.6. The molecule has 1 unspecified atom stereocenters. The molecule has 0 bridgehead atoms. The zero-order valence-corrected chi connectivity index (χ0v) is 21.4. The Morgan fingerprint density at radius 3 is 2.00 bits per heavy atom. The maximum atomic E-state index is 12.8. The molecule has 7 heteroatoms. The van der Waals surface area contributed by atoms with Crippen molar-refractivity contribution < 1.29 is 23.4 Å². The van der Waals surface area contributed by atoms with Gasteiger partial charge in [-0.2, -0.15) is 0 Å². The number of unbranched alkanes of at least 4 members (excludes halogenated alkanes) is 1. The summed E-state index contributed by atoms with van der Waals surface area (Å²) in [5.74, 6) is -0.774. The van der Waals surface area contributed by atoms with Crippen molar-refractivity contribution in [1.29, 1.82) is 0 Å². The van der Waals surface area contributed by atoms with Gasteiger partial charge in [-0.1, -0.05) is 91.0 Å². The van der Waals surface area contributed by atoms with Crippen LogP contribution in [-0.4, -0.2) is 30.7 Å². The lowest BCUT2D eigenvalue weighted by atomic mass is 10.1. The largest absolute Gasteiger partial charge is 0.461 e. The molecule has 36 heavy (non-hydrogen) atoms. The minimum absolute atomic E-state index is 0.0469. The molecule has 0 saturated carbocycles.